The number of morpholine rings is 1. The van der Waals surface area contributed by atoms with Crippen molar-refractivity contribution in [2.24, 2.45) is 0 Å². The predicted molar refractivity (Wildman–Crippen MR) is 76.9 cm³/mol. The summed E-state index contributed by atoms with van der Waals surface area (Å²) in [5, 5.41) is 3.20. The lowest BCUT2D eigenvalue weighted by Gasteiger charge is -2.27. The molecule has 0 unspecified atom stereocenters. The third kappa shape index (κ3) is 3.90. The summed E-state index contributed by atoms with van der Waals surface area (Å²) in [5.41, 5.74) is 1.07. The van der Waals surface area contributed by atoms with Crippen LogP contribution < -0.4 is 5.32 Å². The van der Waals surface area contributed by atoms with E-state index in [4.69, 9.17) is 4.74 Å². The van der Waals surface area contributed by atoms with Crippen LogP contribution in [0.4, 0.5) is 5.95 Å². The van der Waals surface area contributed by atoms with Gasteiger partial charge in [-0.05, 0) is 33.8 Å². The van der Waals surface area contributed by atoms with Crippen molar-refractivity contribution in [1.29, 1.82) is 0 Å². The standard InChI is InChI=1S/C14H22N4O2/c1-10-9-11(12(19)18-5-7-20-8-6-18)16-13(15-10)17-14(2,3)4/h9H,5-8H2,1-4H3,(H,15,16,17). The van der Waals surface area contributed by atoms with Gasteiger partial charge in [0.05, 0.1) is 13.2 Å². The Hall–Kier alpha value is -1.69. The molecule has 2 heterocycles. The van der Waals surface area contributed by atoms with Gasteiger partial charge in [-0.15, -0.1) is 0 Å². The first kappa shape index (κ1) is 14.7. The van der Waals surface area contributed by atoms with Crippen LogP contribution in [0, 0.1) is 6.92 Å². The zero-order valence-electron chi connectivity index (χ0n) is 12.6. The minimum absolute atomic E-state index is 0.0595. The number of aromatic nitrogens is 2. The maximum atomic E-state index is 12.4. The highest BCUT2D eigenvalue weighted by Crippen LogP contribution is 2.13. The number of rotatable bonds is 2. The van der Waals surface area contributed by atoms with E-state index in [9.17, 15) is 4.79 Å². The molecule has 110 valence electrons. The molecule has 1 aromatic heterocycles. The molecule has 0 spiro atoms. The molecule has 0 aromatic carbocycles. The number of ether oxygens (including phenoxy) is 1. The summed E-state index contributed by atoms with van der Waals surface area (Å²) in [6.45, 7) is 10.4. The average Bonchev–Trinajstić information content (AvgIpc) is 2.36. The van der Waals surface area contributed by atoms with Gasteiger partial charge in [-0.2, -0.15) is 0 Å². The fraction of sp³-hybridized carbons (Fsp3) is 0.643. The number of aryl methyl sites for hydroxylation is 1. The molecular formula is C14H22N4O2. The van der Waals surface area contributed by atoms with Crippen molar-refractivity contribution < 1.29 is 9.53 Å². The number of hydrogen-bond donors (Lipinski definition) is 1. The molecule has 1 fully saturated rings. The zero-order chi connectivity index (χ0) is 14.8. The fourth-order valence-corrected chi connectivity index (χ4v) is 2.00. The van der Waals surface area contributed by atoms with Gasteiger partial charge in [-0.1, -0.05) is 0 Å². The summed E-state index contributed by atoms with van der Waals surface area (Å²) >= 11 is 0. The Kier molecular flexibility index (Phi) is 4.23. The van der Waals surface area contributed by atoms with Gasteiger partial charge in [0, 0.05) is 24.3 Å². The van der Waals surface area contributed by atoms with Crippen molar-refractivity contribution in [2.75, 3.05) is 31.6 Å². The minimum Gasteiger partial charge on any atom is -0.378 e. The first-order chi connectivity index (χ1) is 9.35. The molecule has 0 radical (unpaired) electrons. The number of nitrogens with one attached hydrogen (secondary N) is 1. The van der Waals surface area contributed by atoms with Crippen molar-refractivity contribution in [2.45, 2.75) is 33.2 Å². The number of anilines is 1. The number of nitrogens with zero attached hydrogens (tertiary/aromatic N) is 3. The van der Waals surface area contributed by atoms with E-state index in [2.05, 4.69) is 15.3 Å². The summed E-state index contributed by atoms with van der Waals surface area (Å²) in [5.74, 6) is 0.435. The predicted octanol–water partition coefficient (Wildman–Crippen LogP) is 1.47. The maximum absolute atomic E-state index is 12.4. The quantitative estimate of drug-likeness (QED) is 0.887. The van der Waals surface area contributed by atoms with Crippen molar-refractivity contribution in [3.8, 4) is 0 Å². The van der Waals surface area contributed by atoms with Crippen LogP contribution in [0.1, 0.15) is 37.0 Å². The van der Waals surface area contributed by atoms with E-state index < -0.39 is 0 Å². The van der Waals surface area contributed by atoms with Crippen molar-refractivity contribution in [1.82, 2.24) is 14.9 Å². The van der Waals surface area contributed by atoms with E-state index in [1.54, 1.807) is 11.0 Å². The Morgan fingerprint density at radius 1 is 1.30 bits per heavy atom. The summed E-state index contributed by atoms with van der Waals surface area (Å²) < 4.78 is 5.26. The lowest BCUT2D eigenvalue weighted by molar-refractivity contribution is 0.0299. The van der Waals surface area contributed by atoms with Crippen LogP contribution in [0.3, 0.4) is 0 Å². The normalized spacial score (nSPS) is 16.1. The monoisotopic (exact) mass is 278 g/mol. The SMILES string of the molecule is Cc1cc(C(=O)N2CCOCC2)nc(NC(C)(C)C)n1. The number of carbonyl (C=O) groups excluding carboxylic acids is 1. The molecule has 1 aromatic rings. The third-order valence-electron chi connectivity index (χ3n) is 2.86. The first-order valence-corrected chi connectivity index (χ1v) is 6.86. The van der Waals surface area contributed by atoms with Gasteiger partial charge < -0.3 is 15.0 Å². The second-order valence-electron chi connectivity index (χ2n) is 6.00. The molecule has 0 atom stereocenters. The Labute approximate surface area is 119 Å². The van der Waals surface area contributed by atoms with Crippen LogP contribution >= 0.6 is 0 Å². The second kappa shape index (κ2) is 5.75. The van der Waals surface area contributed by atoms with Crippen LogP contribution in [0.5, 0.6) is 0 Å². The van der Waals surface area contributed by atoms with Crippen molar-refractivity contribution in [3.05, 3.63) is 17.5 Å². The highest BCUT2D eigenvalue weighted by Gasteiger charge is 2.21. The molecular weight excluding hydrogens is 256 g/mol. The van der Waals surface area contributed by atoms with E-state index >= 15 is 0 Å². The molecule has 6 heteroatoms. The lowest BCUT2D eigenvalue weighted by atomic mass is 10.1. The molecule has 0 bridgehead atoms. The van der Waals surface area contributed by atoms with Crippen LogP contribution in [-0.2, 0) is 4.74 Å². The van der Waals surface area contributed by atoms with Crippen molar-refractivity contribution >= 4 is 11.9 Å². The lowest BCUT2D eigenvalue weighted by Crippen LogP contribution is -2.41. The molecule has 1 saturated heterocycles. The van der Waals surface area contributed by atoms with Crippen LogP contribution in [0.15, 0.2) is 6.07 Å². The van der Waals surface area contributed by atoms with Crippen LogP contribution in [0.2, 0.25) is 0 Å². The minimum atomic E-state index is -0.146. The summed E-state index contributed by atoms with van der Waals surface area (Å²) in [6.07, 6.45) is 0. The smallest absolute Gasteiger partial charge is 0.272 e. The third-order valence-corrected chi connectivity index (χ3v) is 2.86. The van der Waals surface area contributed by atoms with Gasteiger partial charge in [0.2, 0.25) is 5.95 Å². The van der Waals surface area contributed by atoms with E-state index in [-0.39, 0.29) is 11.4 Å². The molecule has 0 aliphatic carbocycles. The molecule has 1 aliphatic heterocycles. The molecule has 20 heavy (non-hydrogen) atoms. The van der Waals surface area contributed by atoms with Gasteiger partial charge in [0.25, 0.3) is 5.91 Å². The van der Waals surface area contributed by atoms with Crippen LogP contribution in [-0.4, -0.2) is 52.6 Å². The number of amides is 1. The Balaban J connectivity index is 2.20. The van der Waals surface area contributed by atoms with Crippen molar-refractivity contribution in [3.63, 3.8) is 0 Å². The van der Waals surface area contributed by atoms with Gasteiger partial charge in [-0.25, -0.2) is 9.97 Å². The van der Waals surface area contributed by atoms with E-state index in [1.807, 2.05) is 27.7 Å². The molecule has 0 saturated carbocycles. The Bertz CT molecular complexity index is 490. The summed E-state index contributed by atoms with van der Waals surface area (Å²) in [4.78, 5) is 22.9. The molecule has 2 rings (SSSR count). The van der Waals surface area contributed by atoms with Gasteiger partial charge >= 0.3 is 0 Å². The van der Waals surface area contributed by atoms with E-state index in [0.29, 0.717) is 37.9 Å². The fourth-order valence-electron chi connectivity index (χ4n) is 2.00. The largest absolute Gasteiger partial charge is 0.378 e. The van der Waals surface area contributed by atoms with Gasteiger partial charge in [0.15, 0.2) is 0 Å². The van der Waals surface area contributed by atoms with Gasteiger partial charge in [0.1, 0.15) is 5.69 Å². The Morgan fingerprint density at radius 2 is 1.95 bits per heavy atom. The molecule has 1 aliphatic rings. The molecule has 1 amide bonds. The molecule has 1 N–H and O–H groups in total. The van der Waals surface area contributed by atoms with Gasteiger partial charge in [-0.3, -0.25) is 4.79 Å². The summed E-state index contributed by atoms with van der Waals surface area (Å²) in [6, 6.07) is 1.73. The first-order valence-electron chi connectivity index (χ1n) is 6.86. The zero-order valence-corrected chi connectivity index (χ0v) is 12.6. The highest BCUT2D eigenvalue weighted by molar-refractivity contribution is 5.92. The molecule has 6 nitrogen and oxygen atoms in total. The van der Waals surface area contributed by atoms with E-state index in [0.717, 1.165) is 5.69 Å². The van der Waals surface area contributed by atoms with Crippen LogP contribution in [0.25, 0.3) is 0 Å². The topological polar surface area (TPSA) is 67.4 Å². The highest BCUT2D eigenvalue weighted by atomic mass is 16.5. The Morgan fingerprint density at radius 3 is 2.55 bits per heavy atom. The maximum Gasteiger partial charge on any atom is 0.272 e. The summed E-state index contributed by atoms with van der Waals surface area (Å²) in [7, 11) is 0. The number of hydrogen-bond acceptors (Lipinski definition) is 5. The average molecular weight is 278 g/mol. The number of carbonyl (C=O) groups is 1. The second-order valence-corrected chi connectivity index (χ2v) is 6.00. The van der Waals surface area contributed by atoms with E-state index in [1.165, 1.54) is 0 Å².